The molecule has 1 aliphatic rings. The molecule has 1 aromatic rings. The minimum Gasteiger partial charge on any atom is -0.507 e. The third kappa shape index (κ3) is 4.11. The van der Waals surface area contributed by atoms with E-state index in [1.807, 2.05) is 4.90 Å². The van der Waals surface area contributed by atoms with E-state index in [0.29, 0.717) is 42.9 Å². The molecule has 0 aromatic heterocycles. The SMILES string of the molecule is Cc1cc([C@@H](CC(F)(F)F)N2CCNCC2)cc(C)c1O. The molecule has 0 bridgehead atoms. The van der Waals surface area contributed by atoms with Crippen molar-refractivity contribution in [3.63, 3.8) is 0 Å². The number of halogens is 3. The van der Waals surface area contributed by atoms with Crippen LogP contribution in [0.1, 0.15) is 29.2 Å². The van der Waals surface area contributed by atoms with Crippen molar-refractivity contribution in [2.45, 2.75) is 32.5 Å². The lowest BCUT2D eigenvalue weighted by Gasteiger charge is -2.36. The Balaban J connectivity index is 2.34. The lowest BCUT2D eigenvalue weighted by Crippen LogP contribution is -2.46. The fourth-order valence-electron chi connectivity index (χ4n) is 2.85. The summed E-state index contributed by atoms with van der Waals surface area (Å²) in [7, 11) is 0. The van der Waals surface area contributed by atoms with E-state index < -0.39 is 18.6 Å². The van der Waals surface area contributed by atoms with Gasteiger partial charge in [-0.25, -0.2) is 0 Å². The maximum Gasteiger partial charge on any atom is 0.390 e. The summed E-state index contributed by atoms with van der Waals surface area (Å²) in [4.78, 5) is 1.87. The van der Waals surface area contributed by atoms with Crippen molar-refractivity contribution in [3.05, 3.63) is 28.8 Å². The highest BCUT2D eigenvalue weighted by Crippen LogP contribution is 2.36. The molecule has 1 fully saturated rings. The molecule has 3 nitrogen and oxygen atoms in total. The van der Waals surface area contributed by atoms with E-state index in [1.54, 1.807) is 26.0 Å². The van der Waals surface area contributed by atoms with Crippen molar-refractivity contribution < 1.29 is 18.3 Å². The molecule has 1 aromatic carbocycles. The Hall–Kier alpha value is -1.27. The summed E-state index contributed by atoms with van der Waals surface area (Å²) in [6, 6.07) is 2.65. The molecule has 0 aliphatic carbocycles. The summed E-state index contributed by atoms with van der Waals surface area (Å²) in [5, 5.41) is 13.0. The smallest absolute Gasteiger partial charge is 0.390 e. The standard InChI is InChI=1S/C15H21F3N2O/c1-10-7-12(8-11(2)14(10)21)13(9-15(16,17)18)20-5-3-19-4-6-20/h7-8,13,19,21H,3-6,9H2,1-2H3/t13-/m1/s1. The van der Waals surface area contributed by atoms with E-state index in [4.69, 9.17) is 0 Å². The lowest BCUT2D eigenvalue weighted by molar-refractivity contribution is -0.148. The first-order chi connectivity index (χ1) is 9.78. The summed E-state index contributed by atoms with van der Waals surface area (Å²) in [6.45, 7) is 6.02. The molecule has 21 heavy (non-hydrogen) atoms. The maximum atomic E-state index is 12.9. The Bertz CT molecular complexity index is 473. The third-order valence-corrected chi connectivity index (χ3v) is 3.92. The minimum atomic E-state index is -4.21. The van der Waals surface area contributed by atoms with Crippen molar-refractivity contribution in [2.75, 3.05) is 26.2 Å². The van der Waals surface area contributed by atoms with Crippen LogP contribution in [0.3, 0.4) is 0 Å². The van der Waals surface area contributed by atoms with E-state index in [1.165, 1.54) is 0 Å². The zero-order chi connectivity index (χ0) is 15.6. The predicted molar refractivity (Wildman–Crippen MR) is 75.4 cm³/mol. The van der Waals surface area contributed by atoms with Gasteiger partial charge in [0.05, 0.1) is 6.42 Å². The fourth-order valence-corrected chi connectivity index (χ4v) is 2.85. The predicted octanol–water partition coefficient (Wildman–Crippen LogP) is 2.91. The van der Waals surface area contributed by atoms with Crippen molar-refractivity contribution in [1.29, 1.82) is 0 Å². The monoisotopic (exact) mass is 302 g/mol. The number of benzene rings is 1. The first kappa shape index (κ1) is 16.1. The fraction of sp³-hybridized carbons (Fsp3) is 0.600. The van der Waals surface area contributed by atoms with E-state index >= 15 is 0 Å². The van der Waals surface area contributed by atoms with Crippen LogP contribution in [0.15, 0.2) is 12.1 Å². The molecule has 0 amide bonds. The molecule has 0 saturated carbocycles. The number of nitrogens with zero attached hydrogens (tertiary/aromatic N) is 1. The second-order valence-corrected chi connectivity index (χ2v) is 5.62. The maximum absolute atomic E-state index is 12.9. The molecular weight excluding hydrogens is 281 g/mol. The van der Waals surface area contributed by atoms with Crippen LogP contribution in [0.25, 0.3) is 0 Å². The quantitative estimate of drug-likeness (QED) is 0.901. The van der Waals surface area contributed by atoms with Crippen molar-refractivity contribution in [3.8, 4) is 5.75 Å². The summed E-state index contributed by atoms with van der Waals surface area (Å²) >= 11 is 0. The number of alkyl halides is 3. The molecule has 1 aliphatic heterocycles. The zero-order valence-corrected chi connectivity index (χ0v) is 12.3. The van der Waals surface area contributed by atoms with Gasteiger partial charge in [-0.15, -0.1) is 0 Å². The van der Waals surface area contributed by atoms with E-state index in [9.17, 15) is 18.3 Å². The third-order valence-electron chi connectivity index (χ3n) is 3.92. The largest absolute Gasteiger partial charge is 0.507 e. The Kier molecular flexibility index (Phi) is 4.78. The Morgan fingerprint density at radius 2 is 1.71 bits per heavy atom. The van der Waals surface area contributed by atoms with Crippen LogP contribution in [0.4, 0.5) is 13.2 Å². The van der Waals surface area contributed by atoms with Gasteiger partial charge in [0.25, 0.3) is 0 Å². The molecule has 1 atom stereocenters. The van der Waals surface area contributed by atoms with Crippen molar-refractivity contribution in [1.82, 2.24) is 10.2 Å². The first-order valence-corrected chi connectivity index (χ1v) is 7.09. The number of rotatable bonds is 3. The molecule has 0 radical (unpaired) electrons. The van der Waals surface area contributed by atoms with Gasteiger partial charge < -0.3 is 10.4 Å². The number of hydrogen-bond acceptors (Lipinski definition) is 3. The summed E-state index contributed by atoms with van der Waals surface area (Å²) in [6.07, 6.45) is -5.08. The van der Waals surface area contributed by atoms with Crippen LogP contribution < -0.4 is 5.32 Å². The van der Waals surface area contributed by atoms with Gasteiger partial charge in [-0.2, -0.15) is 13.2 Å². The Morgan fingerprint density at radius 1 is 1.19 bits per heavy atom. The van der Waals surface area contributed by atoms with E-state index in [2.05, 4.69) is 5.32 Å². The molecule has 2 N–H and O–H groups in total. The average Bonchev–Trinajstić information content (AvgIpc) is 2.41. The van der Waals surface area contributed by atoms with Gasteiger partial charge in [-0.3, -0.25) is 4.90 Å². The van der Waals surface area contributed by atoms with Crippen LogP contribution in [0, 0.1) is 13.8 Å². The number of aromatic hydroxyl groups is 1. The molecule has 0 spiro atoms. The number of piperazine rings is 1. The van der Waals surface area contributed by atoms with Gasteiger partial charge in [-0.05, 0) is 30.5 Å². The van der Waals surface area contributed by atoms with Crippen LogP contribution in [0.5, 0.6) is 5.75 Å². The van der Waals surface area contributed by atoms with Gasteiger partial charge in [0.2, 0.25) is 0 Å². The first-order valence-electron chi connectivity index (χ1n) is 7.09. The molecule has 118 valence electrons. The molecule has 1 saturated heterocycles. The minimum absolute atomic E-state index is 0.157. The molecule has 6 heteroatoms. The highest BCUT2D eigenvalue weighted by molar-refractivity contribution is 5.43. The van der Waals surface area contributed by atoms with Crippen LogP contribution in [-0.2, 0) is 0 Å². The van der Waals surface area contributed by atoms with Gasteiger partial charge in [0.15, 0.2) is 0 Å². The second-order valence-electron chi connectivity index (χ2n) is 5.62. The summed E-state index contributed by atoms with van der Waals surface area (Å²) in [5.41, 5.74) is 1.86. The summed E-state index contributed by atoms with van der Waals surface area (Å²) < 4.78 is 38.8. The van der Waals surface area contributed by atoms with E-state index in [0.717, 1.165) is 0 Å². The van der Waals surface area contributed by atoms with Gasteiger partial charge in [0, 0.05) is 32.2 Å². The summed E-state index contributed by atoms with van der Waals surface area (Å²) in [5.74, 6) is 0.157. The lowest BCUT2D eigenvalue weighted by atomic mass is 9.96. The Morgan fingerprint density at radius 3 is 2.19 bits per heavy atom. The van der Waals surface area contributed by atoms with Crippen LogP contribution in [-0.4, -0.2) is 42.4 Å². The van der Waals surface area contributed by atoms with Gasteiger partial charge >= 0.3 is 6.18 Å². The number of phenols is 1. The molecule has 1 heterocycles. The zero-order valence-electron chi connectivity index (χ0n) is 12.3. The number of nitrogens with one attached hydrogen (secondary N) is 1. The number of phenolic OH excluding ortho intramolecular Hbond substituents is 1. The van der Waals surface area contributed by atoms with Crippen LogP contribution >= 0.6 is 0 Å². The number of aryl methyl sites for hydroxylation is 2. The van der Waals surface area contributed by atoms with Gasteiger partial charge in [-0.1, -0.05) is 12.1 Å². The topological polar surface area (TPSA) is 35.5 Å². The molecule has 2 rings (SSSR count). The second kappa shape index (κ2) is 6.23. The normalized spacial score (nSPS) is 18.7. The highest BCUT2D eigenvalue weighted by Gasteiger charge is 2.36. The number of hydrogen-bond donors (Lipinski definition) is 2. The van der Waals surface area contributed by atoms with Crippen molar-refractivity contribution >= 4 is 0 Å². The van der Waals surface area contributed by atoms with E-state index in [-0.39, 0.29) is 5.75 Å². The highest BCUT2D eigenvalue weighted by atomic mass is 19.4. The van der Waals surface area contributed by atoms with Crippen molar-refractivity contribution in [2.24, 2.45) is 0 Å². The Labute approximate surface area is 122 Å². The van der Waals surface area contributed by atoms with Crippen LogP contribution in [0.2, 0.25) is 0 Å². The molecule has 0 unspecified atom stereocenters. The van der Waals surface area contributed by atoms with Gasteiger partial charge in [0.1, 0.15) is 5.75 Å². The average molecular weight is 302 g/mol. The molecular formula is C15H21F3N2O.